The maximum atomic E-state index is 12.5. The second-order valence-corrected chi connectivity index (χ2v) is 6.19. The molecular weight excluding hydrogens is 342 g/mol. The molecule has 0 aromatic heterocycles. The number of carbonyl (C=O) groups is 2. The van der Waals surface area contributed by atoms with E-state index in [1.807, 2.05) is 12.1 Å². The maximum Gasteiger partial charge on any atom is 0.338 e. The number of ether oxygens (including phenoxy) is 2. The Morgan fingerprint density at radius 1 is 1.24 bits per heavy atom. The van der Waals surface area contributed by atoms with Gasteiger partial charge in [-0.05, 0) is 61.4 Å². The Hall–Kier alpha value is -2.53. The molecule has 0 spiro atoms. The van der Waals surface area contributed by atoms with Gasteiger partial charge in [0.1, 0.15) is 12.4 Å². The summed E-state index contributed by atoms with van der Waals surface area (Å²) in [7, 11) is 0. The van der Waals surface area contributed by atoms with Crippen molar-refractivity contribution in [1.29, 1.82) is 0 Å². The molecule has 130 valence electrons. The van der Waals surface area contributed by atoms with Gasteiger partial charge in [0.25, 0.3) is 0 Å². The van der Waals surface area contributed by atoms with Crippen LogP contribution in [0.2, 0.25) is 5.02 Å². The van der Waals surface area contributed by atoms with Crippen molar-refractivity contribution >= 4 is 29.2 Å². The van der Waals surface area contributed by atoms with Crippen molar-refractivity contribution in [2.45, 2.75) is 13.3 Å². The maximum absolute atomic E-state index is 12.5. The van der Waals surface area contributed by atoms with Crippen LogP contribution in [0.15, 0.2) is 42.5 Å². The van der Waals surface area contributed by atoms with Gasteiger partial charge in [0, 0.05) is 10.7 Å². The first-order valence-electron chi connectivity index (χ1n) is 8.06. The molecule has 1 aliphatic rings. The average molecular weight is 360 g/mol. The van der Waals surface area contributed by atoms with E-state index in [0.717, 1.165) is 11.3 Å². The molecule has 1 amide bonds. The molecule has 0 bridgehead atoms. The highest BCUT2D eigenvalue weighted by Gasteiger charge is 2.26. The van der Waals surface area contributed by atoms with Crippen LogP contribution >= 0.6 is 11.6 Å². The average Bonchev–Trinajstić information content (AvgIpc) is 2.61. The van der Waals surface area contributed by atoms with Gasteiger partial charge in [-0.2, -0.15) is 0 Å². The van der Waals surface area contributed by atoms with Gasteiger partial charge in [-0.15, -0.1) is 0 Å². The smallest absolute Gasteiger partial charge is 0.338 e. The van der Waals surface area contributed by atoms with Gasteiger partial charge in [-0.1, -0.05) is 11.6 Å². The molecule has 5 nitrogen and oxygen atoms in total. The third-order valence-electron chi connectivity index (χ3n) is 3.96. The monoisotopic (exact) mass is 359 g/mol. The number of hydrogen-bond acceptors (Lipinski definition) is 4. The predicted molar refractivity (Wildman–Crippen MR) is 95.2 cm³/mol. The molecule has 1 heterocycles. The lowest BCUT2D eigenvalue weighted by Crippen LogP contribution is -2.32. The summed E-state index contributed by atoms with van der Waals surface area (Å²) in [5.74, 6) is -0.0352. The molecule has 1 unspecified atom stereocenters. The van der Waals surface area contributed by atoms with Gasteiger partial charge in [-0.25, -0.2) is 4.79 Å². The van der Waals surface area contributed by atoms with Crippen molar-refractivity contribution in [3.8, 4) is 5.75 Å². The molecule has 25 heavy (non-hydrogen) atoms. The van der Waals surface area contributed by atoms with Crippen LogP contribution in [-0.4, -0.2) is 25.1 Å². The third kappa shape index (κ3) is 4.12. The molecule has 0 fully saturated rings. The first kappa shape index (κ1) is 17.3. The van der Waals surface area contributed by atoms with Gasteiger partial charge in [0.05, 0.1) is 18.1 Å². The van der Waals surface area contributed by atoms with E-state index in [1.54, 1.807) is 37.3 Å². The lowest BCUT2D eigenvalue weighted by atomic mass is 9.96. The van der Waals surface area contributed by atoms with E-state index in [2.05, 4.69) is 5.32 Å². The van der Waals surface area contributed by atoms with E-state index >= 15 is 0 Å². The Morgan fingerprint density at radius 2 is 2.00 bits per heavy atom. The van der Waals surface area contributed by atoms with E-state index in [0.29, 0.717) is 35.9 Å². The summed E-state index contributed by atoms with van der Waals surface area (Å²) in [6, 6.07) is 12.0. The molecule has 3 rings (SSSR count). The summed E-state index contributed by atoms with van der Waals surface area (Å²) in [5, 5.41) is 3.47. The largest absolute Gasteiger partial charge is 0.492 e. The highest BCUT2D eigenvalue weighted by Crippen LogP contribution is 2.30. The van der Waals surface area contributed by atoms with Crippen LogP contribution in [-0.2, 0) is 16.0 Å². The number of halogens is 1. The van der Waals surface area contributed by atoms with Gasteiger partial charge < -0.3 is 14.8 Å². The molecule has 1 atom stereocenters. The molecule has 2 aromatic carbocycles. The van der Waals surface area contributed by atoms with Crippen LogP contribution in [0.3, 0.4) is 0 Å². The summed E-state index contributed by atoms with van der Waals surface area (Å²) in [4.78, 5) is 24.1. The number of fused-ring (bicyclic) bond motifs is 1. The van der Waals surface area contributed by atoms with Crippen molar-refractivity contribution in [1.82, 2.24) is 0 Å². The Bertz CT molecular complexity index is 789. The molecule has 0 radical (unpaired) electrons. The van der Waals surface area contributed by atoms with E-state index in [-0.39, 0.29) is 17.8 Å². The van der Waals surface area contributed by atoms with Crippen LogP contribution in [0.25, 0.3) is 0 Å². The minimum Gasteiger partial charge on any atom is -0.492 e. The SMILES string of the molecule is CCOC(=O)c1ccc(NC(=O)C2COc3ccc(Cl)cc3C2)cc1. The fourth-order valence-corrected chi connectivity index (χ4v) is 2.87. The lowest BCUT2D eigenvalue weighted by Gasteiger charge is -2.24. The number of carbonyl (C=O) groups excluding carboxylic acids is 2. The van der Waals surface area contributed by atoms with Gasteiger partial charge >= 0.3 is 5.97 Å². The highest BCUT2D eigenvalue weighted by molar-refractivity contribution is 6.30. The van der Waals surface area contributed by atoms with Crippen molar-refractivity contribution in [2.75, 3.05) is 18.5 Å². The molecule has 6 heteroatoms. The Morgan fingerprint density at radius 3 is 2.72 bits per heavy atom. The number of anilines is 1. The highest BCUT2D eigenvalue weighted by atomic mass is 35.5. The van der Waals surface area contributed by atoms with Crippen LogP contribution in [0.5, 0.6) is 5.75 Å². The first-order chi connectivity index (χ1) is 12.1. The summed E-state index contributed by atoms with van der Waals surface area (Å²) in [6.45, 7) is 2.40. The Kier molecular flexibility index (Phi) is 5.24. The molecule has 1 N–H and O–H groups in total. The second-order valence-electron chi connectivity index (χ2n) is 5.75. The first-order valence-corrected chi connectivity index (χ1v) is 8.44. The fourth-order valence-electron chi connectivity index (χ4n) is 2.68. The Balaban J connectivity index is 1.64. The Labute approximate surface area is 150 Å². The summed E-state index contributed by atoms with van der Waals surface area (Å²) < 4.78 is 10.6. The number of nitrogens with one attached hydrogen (secondary N) is 1. The van der Waals surface area contributed by atoms with Crippen LogP contribution < -0.4 is 10.1 Å². The minimum atomic E-state index is -0.380. The quantitative estimate of drug-likeness (QED) is 0.845. The van der Waals surface area contributed by atoms with E-state index in [4.69, 9.17) is 21.1 Å². The molecule has 0 aliphatic carbocycles. The number of benzene rings is 2. The van der Waals surface area contributed by atoms with Gasteiger partial charge in [-0.3, -0.25) is 4.79 Å². The molecular formula is C19H18ClNO4. The molecule has 2 aromatic rings. The van der Waals surface area contributed by atoms with Crippen molar-refractivity contribution in [2.24, 2.45) is 5.92 Å². The van der Waals surface area contributed by atoms with Crippen molar-refractivity contribution < 1.29 is 19.1 Å². The molecule has 0 saturated carbocycles. The summed E-state index contributed by atoms with van der Waals surface area (Å²) in [6.07, 6.45) is 0.572. The van der Waals surface area contributed by atoms with Crippen LogP contribution in [0.1, 0.15) is 22.8 Å². The molecule has 0 saturated heterocycles. The normalized spacial score (nSPS) is 15.7. The third-order valence-corrected chi connectivity index (χ3v) is 4.20. The predicted octanol–water partition coefficient (Wildman–Crippen LogP) is 3.71. The zero-order valence-electron chi connectivity index (χ0n) is 13.8. The van der Waals surface area contributed by atoms with E-state index in [1.165, 1.54) is 0 Å². The fraction of sp³-hybridized carbons (Fsp3) is 0.263. The number of rotatable bonds is 4. The minimum absolute atomic E-state index is 0.130. The van der Waals surface area contributed by atoms with Gasteiger partial charge in [0.2, 0.25) is 5.91 Å². The topological polar surface area (TPSA) is 64.6 Å². The van der Waals surface area contributed by atoms with Crippen molar-refractivity contribution in [3.05, 3.63) is 58.6 Å². The number of esters is 1. The zero-order valence-corrected chi connectivity index (χ0v) is 14.5. The molecule has 1 aliphatic heterocycles. The van der Waals surface area contributed by atoms with Crippen LogP contribution in [0, 0.1) is 5.92 Å². The number of hydrogen-bond donors (Lipinski definition) is 1. The van der Waals surface area contributed by atoms with E-state index in [9.17, 15) is 9.59 Å². The second kappa shape index (κ2) is 7.57. The summed E-state index contributed by atoms with van der Waals surface area (Å²) in [5.41, 5.74) is 2.00. The summed E-state index contributed by atoms with van der Waals surface area (Å²) >= 11 is 6.00. The number of amides is 1. The van der Waals surface area contributed by atoms with E-state index < -0.39 is 0 Å². The lowest BCUT2D eigenvalue weighted by molar-refractivity contribution is -0.121. The van der Waals surface area contributed by atoms with Crippen molar-refractivity contribution in [3.63, 3.8) is 0 Å². The standard InChI is InChI=1S/C19H18ClNO4/c1-2-24-19(23)12-3-6-16(7-4-12)21-18(22)14-9-13-10-15(20)5-8-17(13)25-11-14/h3-8,10,14H,2,9,11H2,1H3,(H,21,22). The zero-order chi connectivity index (χ0) is 17.8. The van der Waals surface area contributed by atoms with Crippen LogP contribution in [0.4, 0.5) is 5.69 Å². The van der Waals surface area contributed by atoms with Gasteiger partial charge in [0.15, 0.2) is 0 Å².